The number of amides is 5. The van der Waals surface area contributed by atoms with Crippen LogP contribution in [0.25, 0.3) is 0 Å². The normalized spacial score (nSPS) is 18.9. The van der Waals surface area contributed by atoms with Gasteiger partial charge in [-0.3, -0.25) is 14.4 Å². The summed E-state index contributed by atoms with van der Waals surface area (Å²) in [7, 11) is 0. The highest BCUT2D eigenvalue weighted by atomic mass is 16.2. The van der Waals surface area contributed by atoms with Crippen molar-refractivity contribution in [3.8, 4) is 0 Å². The van der Waals surface area contributed by atoms with Gasteiger partial charge in [-0.15, -0.1) is 0 Å². The van der Waals surface area contributed by atoms with Gasteiger partial charge in [0.2, 0.25) is 11.8 Å². The molecule has 0 bridgehead atoms. The summed E-state index contributed by atoms with van der Waals surface area (Å²) in [6.45, 7) is 8.45. The van der Waals surface area contributed by atoms with E-state index in [1.54, 1.807) is 12.1 Å². The number of benzene rings is 4. The molecule has 2 aliphatic rings. The fourth-order valence-electron chi connectivity index (χ4n) is 7.40. The molecular weight excluding hydrogens is 667 g/mol. The molecule has 0 saturated carbocycles. The predicted octanol–water partition coefficient (Wildman–Crippen LogP) is 7.61. The maximum Gasteiger partial charge on any atom is 0.319 e. The molecule has 11 nitrogen and oxygen atoms in total. The van der Waals surface area contributed by atoms with Crippen LogP contribution < -0.4 is 36.4 Å². The number of nitrogens with one attached hydrogen (secondary N) is 5. The first-order valence-corrected chi connectivity index (χ1v) is 18.5. The second kappa shape index (κ2) is 16.7. The van der Waals surface area contributed by atoms with Gasteiger partial charge in [-0.1, -0.05) is 50.2 Å². The summed E-state index contributed by atoms with van der Waals surface area (Å²) in [6.07, 6.45) is 2.47. The number of hydrogen-bond acceptors (Lipinski definition) is 6. The smallest absolute Gasteiger partial charge is 0.319 e. The molecule has 5 N–H and O–H groups in total. The van der Waals surface area contributed by atoms with E-state index in [-0.39, 0.29) is 61.0 Å². The molecule has 4 aromatic rings. The van der Waals surface area contributed by atoms with Crippen molar-refractivity contribution in [1.82, 2.24) is 10.6 Å². The van der Waals surface area contributed by atoms with Gasteiger partial charge in [0.1, 0.15) is 0 Å². The monoisotopic (exact) mass is 715 g/mol. The Morgan fingerprint density at radius 1 is 0.585 bits per heavy atom. The van der Waals surface area contributed by atoms with Crippen LogP contribution in [-0.2, 0) is 9.59 Å². The number of fused-ring (bicyclic) bond motifs is 2. The van der Waals surface area contributed by atoms with Crippen molar-refractivity contribution >= 4 is 52.2 Å². The Morgan fingerprint density at radius 2 is 1.02 bits per heavy atom. The summed E-state index contributed by atoms with van der Waals surface area (Å²) in [4.78, 5) is 54.5. The molecule has 4 atom stereocenters. The molecule has 0 saturated heterocycles. The third-order valence-electron chi connectivity index (χ3n) is 9.99. The molecule has 6 rings (SSSR count). The Morgan fingerprint density at radius 3 is 1.51 bits per heavy atom. The zero-order valence-electron chi connectivity index (χ0n) is 30.8. The first-order valence-electron chi connectivity index (χ1n) is 18.5. The largest absolute Gasteiger partial charge is 0.378 e. The maximum absolute atomic E-state index is 12.8. The number of carbonyl (C=O) groups is 4. The molecule has 53 heavy (non-hydrogen) atoms. The van der Waals surface area contributed by atoms with Crippen LogP contribution in [0.15, 0.2) is 97.1 Å². The summed E-state index contributed by atoms with van der Waals surface area (Å²) < 4.78 is 0. The Kier molecular flexibility index (Phi) is 11.6. The molecule has 0 aromatic heterocycles. The first-order chi connectivity index (χ1) is 25.7. The molecule has 0 fully saturated rings. The van der Waals surface area contributed by atoms with E-state index in [9.17, 15) is 19.2 Å². The van der Waals surface area contributed by atoms with Crippen LogP contribution in [0.5, 0.6) is 0 Å². The Hall–Kier alpha value is -5.84. The topological polar surface area (TPSA) is 135 Å². The molecule has 5 amide bonds. The molecule has 0 unspecified atom stereocenters. The van der Waals surface area contributed by atoms with E-state index >= 15 is 0 Å². The van der Waals surface area contributed by atoms with Crippen molar-refractivity contribution in [2.75, 3.05) is 38.8 Å². The highest BCUT2D eigenvalue weighted by molar-refractivity contribution is 5.97. The molecule has 0 radical (unpaired) electrons. The highest BCUT2D eigenvalue weighted by Gasteiger charge is 2.34. The quantitative estimate of drug-likeness (QED) is 0.102. The van der Waals surface area contributed by atoms with Gasteiger partial charge in [0, 0.05) is 72.0 Å². The van der Waals surface area contributed by atoms with Crippen LogP contribution in [0.3, 0.4) is 0 Å². The van der Waals surface area contributed by atoms with Crippen LogP contribution in [0, 0.1) is 0 Å². The van der Waals surface area contributed by atoms with E-state index in [1.165, 1.54) is 0 Å². The van der Waals surface area contributed by atoms with Crippen LogP contribution in [0.2, 0.25) is 0 Å². The molecule has 4 aromatic carbocycles. The molecule has 0 spiro atoms. The zero-order valence-corrected chi connectivity index (χ0v) is 30.8. The number of carbonyl (C=O) groups excluding carboxylic acids is 4. The number of para-hydroxylation sites is 2. The van der Waals surface area contributed by atoms with Gasteiger partial charge in [-0.2, -0.15) is 0 Å². The van der Waals surface area contributed by atoms with Crippen molar-refractivity contribution in [2.45, 2.75) is 77.5 Å². The summed E-state index contributed by atoms with van der Waals surface area (Å²) >= 11 is 0. The fraction of sp³-hybridized carbons (Fsp3) is 0.333. The van der Waals surface area contributed by atoms with E-state index in [0.717, 1.165) is 46.7 Å². The van der Waals surface area contributed by atoms with E-state index in [4.69, 9.17) is 0 Å². The Labute approximate surface area is 311 Å². The third kappa shape index (κ3) is 8.46. The number of urea groups is 1. The van der Waals surface area contributed by atoms with Crippen molar-refractivity contribution in [3.05, 3.63) is 114 Å². The highest BCUT2D eigenvalue weighted by Crippen LogP contribution is 2.40. The van der Waals surface area contributed by atoms with Crippen molar-refractivity contribution in [3.63, 3.8) is 0 Å². The number of hydrogen-bond donors (Lipinski definition) is 5. The number of rotatable bonds is 11. The Balaban J connectivity index is 0.944. The minimum absolute atomic E-state index is 0.0309. The maximum atomic E-state index is 12.8. The minimum atomic E-state index is -0.369. The van der Waals surface area contributed by atoms with Crippen LogP contribution in [0.4, 0.5) is 33.2 Å². The van der Waals surface area contributed by atoms with Gasteiger partial charge >= 0.3 is 6.03 Å². The van der Waals surface area contributed by atoms with Crippen LogP contribution >= 0.6 is 0 Å². The lowest BCUT2D eigenvalue weighted by atomic mass is 9.91. The van der Waals surface area contributed by atoms with E-state index in [1.807, 2.05) is 96.4 Å². The lowest BCUT2D eigenvalue weighted by molar-refractivity contribution is -0.119. The van der Waals surface area contributed by atoms with Crippen molar-refractivity contribution in [1.29, 1.82) is 0 Å². The predicted molar refractivity (Wildman–Crippen MR) is 212 cm³/mol. The lowest BCUT2D eigenvalue weighted by Gasteiger charge is -2.40. The summed E-state index contributed by atoms with van der Waals surface area (Å²) in [5, 5.41) is 15.7. The standard InChI is InChI=1S/C42H49N7O4/c1-5-39(50)48-27(3)25-35(33-11-7-9-13-37(33)48)45-30-17-15-29(16-18-30)41(52)43-23-24-44-42(53)47-32-21-19-31(20-22-32)46-36-26-28(4)49(40(51)6-2)38-14-10-8-12-34(36)38/h7-22,27-28,35-36,45-46H,5-6,23-26H2,1-4H3,(H,43,52)(H2,44,47,53)/t27-,28-,35+,36+/m0/s1. The average molecular weight is 716 g/mol. The molecule has 11 heteroatoms. The first kappa shape index (κ1) is 36.9. The van der Waals surface area contributed by atoms with Crippen molar-refractivity contribution < 1.29 is 19.2 Å². The SMILES string of the molecule is CCC(=O)N1c2ccccc2[C@H](Nc2ccc(NC(=O)NCCNC(=O)c3ccc(N[C@@H]4C[C@H](C)N(C(=O)CC)c5ccccc54)cc3)cc2)C[C@@H]1C. The number of anilines is 5. The zero-order chi connectivity index (χ0) is 37.5. The van der Waals surface area contributed by atoms with Gasteiger partial charge < -0.3 is 36.4 Å². The molecule has 2 heterocycles. The second-order valence-corrected chi connectivity index (χ2v) is 13.7. The molecule has 276 valence electrons. The van der Waals surface area contributed by atoms with E-state index in [0.29, 0.717) is 24.1 Å². The van der Waals surface area contributed by atoms with Crippen LogP contribution in [-0.4, -0.2) is 48.9 Å². The summed E-state index contributed by atoms with van der Waals surface area (Å²) in [5.41, 5.74) is 7.01. The lowest BCUT2D eigenvalue weighted by Crippen LogP contribution is -2.44. The second-order valence-electron chi connectivity index (χ2n) is 13.7. The van der Waals surface area contributed by atoms with Crippen LogP contribution in [0.1, 0.15) is 86.9 Å². The minimum Gasteiger partial charge on any atom is -0.378 e. The van der Waals surface area contributed by atoms with Gasteiger partial charge in [0.15, 0.2) is 0 Å². The van der Waals surface area contributed by atoms with E-state index < -0.39 is 0 Å². The summed E-state index contributed by atoms with van der Waals surface area (Å²) in [5.74, 6) is 0.00730. The van der Waals surface area contributed by atoms with Gasteiger partial charge in [0.25, 0.3) is 5.91 Å². The Bertz CT molecular complexity index is 1930. The molecule has 2 aliphatic heterocycles. The summed E-state index contributed by atoms with van der Waals surface area (Å²) in [6, 6.07) is 30.7. The van der Waals surface area contributed by atoms with E-state index in [2.05, 4.69) is 52.6 Å². The third-order valence-corrected chi connectivity index (χ3v) is 9.99. The van der Waals surface area contributed by atoms with Crippen molar-refractivity contribution in [2.24, 2.45) is 0 Å². The van der Waals surface area contributed by atoms with Gasteiger partial charge in [-0.05, 0) is 98.5 Å². The number of nitrogens with zero attached hydrogens (tertiary/aromatic N) is 2. The van der Waals surface area contributed by atoms with Gasteiger partial charge in [-0.25, -0.2) is 4.79 Å². The molecule has 0 aliphatic carbocycles. The average Bonchev–Trinajstić information content (AvgIpc) is 3.17. The fourth-order valence-corrected chi connectivity index (χ4v) is 7.40. The molecular formula is C42H49N7O4. The van der Waals surface area contributed by atoms with Gasteiger partial charge in [0.05, 0.1) is 12.1 Å².